The highest BCUT2D eigenvalue weighted by Gasteiger charge is 2.25. The molecule has 3 rings (SSSR count). The fourth-order valence-electron chi connectivity index (χ4n) is 3.68. The smallest absolute Gasteiger partial charge is 0.348 e. The van der Waals surface area contributed by atoms with Crippen molar-refractivity contribution in [3.8, 4) is 0 Å². The van der Waals surface area contributed by atoms with Crippen molar-refractivity contribution in [2.45, 2.75) is 53.4 Å². The maximum absolute atomic E-state index is 12.4. The van der Waals surface area contributed by atoms with Crippen LogP contribution in [-0.2, 0) is 33.5 Å². The van der Waals surface area contributed by atoms with Crippen LogP contribution >= 0.6 is 22.7 Å². The van der Waals surface area contributed by atoms with Crippen LogP contribution in [0.2, 0.25) is 0 Å². The van der Waals surface area contributed by atoms with E-state index in [0.717, 1.165) is 29.7 Å². The molecule has 0 saturated heterocycles. The van der Waals surface area contributed by atoms with Gasteiger partial charge in [-0.05, 0) is 62.6 Å². The maximum Gasteiger partial charge on any atom is 0.348 e. The Bertz CT molecular complexity index is 959. The van der Waals surface area contributed by atoms with Gasteiger partial charge in [-0.1, -0.05) is 13.8 Å². The van der Waals surface area contributed by atoms with E-state index in [1.54, 1.807) is 6.92 Å². The Balaban J connectivity index is 1.64. The summed E-state index contributed by atoms with van der Waals surface area (Å²) in [4.78, 5) is 39.9. The fourth-order valence-corrected chi connectivity index (χ4v) is 5.93. The van der Waals surface area contributed by atoms with Crippen molar-refractivity contribution in [1.29, 1.82) is 0 Å². The molecule has 0 saturated carbocycles. The number of carbonyl (C=O) groups is 3. The van der Waals surface area contributed by atoms with Gasteiger partial charge in [-0.2, -0.15) is 0 Å². The number of ether oxygens (including phenoxy) is 2. The summed E-state index contributed by atoms with van der Waals surface area (Å²) in [6.45, 7) is 7.66. The summed E-state index contributed by atoms with van der Waals surface area (Å²) in [5, 5.41) is 3.15. The number of esters is 2. The van der Waals surface area contributed by atoms with Gasteiger partial charge in [0.1, 0.15) is 9.88 Å². The number of carbonyl (C=O) groups excluding carboxylic acids is 3. The number of thiophene rings is 2. The van der Waals surface area contributed by atoms with Gasteiger partial charge >= 0.3 is 11.9 Å². The highest BCUT2D eigenvalue weighted by Crippen LogP contribution is 2.34. The number of rotatable bonds is 7. The van der Waals surface area contributed by atoms with Gasteiger partial charge in [-0.25, -0.2) is 9.59 Å². The highest BCUT2D eigenvalue weighted by atomic mass is 32.1. The first-order valence-electron chi connectivity index (χ1n) is 10.2. The van der Waals surface area contributed by atoms with E-state index < -0.39 is 24.5 Å². The summed E-state index contributed by atoms with van der Waals surface area (Å²) in [5.41, 5.74) is 2.47. The topological polar surface area (TPSA) is 81.7 Å². The van der Waals surface area contributed by atoms with Crippen LogP contribution in [0.25, 0.3) is 0 Å². The Morgan fingerprint density at radius 2 is 1.93 bits per heavy atom. The lowest BCUT2D eigenvalue weighted by Crippen LogP contribution is -2.21. The first-order valence-corrected chi connectivity index (χ1v) is 11.8. The molecular formula is C22H27NO5S2. The van der Waals surface area contributed by atoms with Gasteiger partial charge in [0.15, 0.2) is 6.61 Å². The van der Waals surface area contributed by atoms with Crippen molar-refractivity contribution in [1.82, 2.24) is 0 Å². The number of hydrogen-bond acceptors (Lipinski definition) is 7. The summed E-state index contributed by atoms with van der Waals surface area (Å²) in [6, 6.07) is 1.89. The van der Waals surface area contributed by atoms with Crippen molar-refractivity contribution < 1.29 is 23.9 Å². The Morgan fingerprint density at radius 1 is 1.17 bits per heavy atom. The molecule has 0 radical (unpaired) electrons. The van der Waals surface area contributed by atoms with Gasteiger partial charge in [0, 0.05) is 9.75 Å². The van der Waals surface area contributed by atoms with Gasteiger partial charge in [0.05, 0.1) is 12.2 Å². The fraction of sp³-hybridized carbons (Fsp3) is 0.500. The average molecular weight is 450 g/mol. The Labute approximate surface area is 184 Å². The molecule has 30 heavy (non-hydrogen) atoms. The molecule has 1 aliphatic rings. The van der Waals surface area contributed by atoms with Crippen LogP contribution in [0.5, 0.6) is 0 Å². The third kappa shape index (κ3) is 4.92. The third-order valence-corrected chi connectivity index (χ3v) is 7.44. The molecule has 0 aromatic carbocycles. The largest absolute Gasteiger partial charge is 0.462 e. The quantitative estimate of drug-likeness (QED) is 0.616. The molecule has 0 unspecified atom stereocenters. The normalized spacial score (nSPS) is 15.4. The lowest BCUT2D eigenvalue weighted by molar-refractivity contribution is -0.119. The van der Waals surface area contributed by atoms with Crippen LogP contribution in [0.3, 0.4) is 0 Å². The molecule has 0 fully saturated rings. The van der Waals surface area contributed by atoms with Gasteiger partial charge in [-0.3, -0.25) is 4.79 Å². The monoisotopic (exact) mass is 449 g/mol. The number of aryl methyl sites for hydroxylation is 2. The zero-order chi connectivity index (χ0) is 21.8. The van der Waals surface area contributed by atoms with E-state index in [4.69, 9.17) is 9.47 Å². The van der Waals surface area contributed by atoms with E-state index in [1.165, 1.54) is 33.1 Å². The van der Waals surface area contributed by atoms with E-state index in [-0.39, 0.29) is 6.61 Å². The van der Waals surface area contributed by atoms with Gasteiger partial charge in [0.2, 0.25) is 0 Å². The molecule has 0 spiro atoms. The van der Waals surface area contributed by atoms with Crippen LogP contribution < -0.4 is 5.32 Å². The van der Waals surface area contributed by atoms with Crippen molar-refractivity contribution in [3.63, 3.8) is 0 Å². The molecule has 2 aromatic heterocycles. The van der Waals surface area contributed by atoms with Crippen molar-refractivity contribution >= 4 is 45.5 Å². The van der Waals surface area contributed by atoms with Gasteiger partial charge < -0.3 is 14.8 Å². The van der Waals surface area contributed by atoms with E-state index in [1.807, 2.05) is 19.9 Å². The van der Waals surface area contributed by atoms with E-state index >= 15 is 0 Å². The number of nitrogens with one attached hydrogen (secondary N) is 1. The molecule has 1 amide bonds. The molecular weight excluding hydrogens is 422 g/mol. The molecule has 162 valence electrons. The van der Waals surface area contributed by atoms with Crippen LogP contribution in [0.4, 0.5) is 5.00 Å². The molecule has 8 heteroatoms. The average Bonchev–Trinajstić information content (AvgIpc) is 3.26. The van der Waals surface area contributed by atoms with Gasteiger partial charge in [-0.15, -0.1) is 22.7 Å². The van der Waals surface area contributed by atoms with Gasteiger partial charge in [0.25, 0.3) is 5.91 Å². The van der Waals surface area contributed by atoms with E-state index in [0.29, 0.717) is 27.8 Å². The van der Waals surface area contributed by atoms with Crippen molar-refractivity contribution in [3.05, 3.63) is 37.4 Å². The van der Waals surface area contributed by atoms with Crippen LogP contribution in [0.1, 0.15) is 68.1 Å². The predicted octanol–water partition coefficient (Wildman–Crippen LogP) is 4.78. The zero-order valence-electron chi connectivity index (χ0n) is 17.8. The summed E-state index contributed by atoms with van der Waals surface area (Å²) in [6.07, 6.45) is 3.76. The SMILES string of the molecule is CCOC(=O)c1c(NC(=O)COC(=O)c2cc3c(s2)CC[C@H](C)C3)sc(C)c1CC. The molecule has 1 atom stereocenters. The van der Waals surface area contributed by atoms with Crippen LogP contribution in [0.15, 0.2) is 6.07 Å². The summed E-state index contributed by atoms with van der Waals surface area (Å²) in [5.74, 6) is -0.797. The minimum absolute atomic E-state index is 0.255. The Kier molecular flexibility index (Phi) is 7.31. The number of hydrogen-bond donors (Lipinski definition) is 1. The van der Waals surface area contributed by atoms with E-state index in [9.17, 15) is 14.4 Å². The second-order valence-corrected chi connectivity index (χ2v) is 9.81. The van der Waals surface area contributed by atoms with E-state index in [2.05, 4.69) is 12.2 Å². The molecule has 2 heterocycles. The predicted molar refractivity (Wildman–Crippen MR) is 119 cm³/mol. The summed E-state index contributed by atoms with van der Waals surface area (Å²) >= 11 is 2.78. The minimum atomic E-state index is -0.487. The van der Waals surface area contributed by atoms with Crippen LogP contribution in [0, 0.1) is 12.8 Å². The molecule has 0 bridgehead atoms. The maximum atomic E-state index is 12.4. The zero-order valence-corrected chi connectivity index (χ0v) is 19.4. The first kappa shape index (κ1) is 22.5. The standard InChI is InChI=1S/C22H27NO5S2/c1-5-15-13(4)29-20(19(15)22(26)27-6-2)23-18(24)11-28-21(25)17-10-14-9-12(3)7-8-16(14)30-17/h10,12H,5-9,11H2,1-4H3,(H,23,24)/t12-/m0/s1. The number of amides is 1. The van der Waals surface area contributed by atoms with Crippen LogP contribution in [-0.4, -0.2) is 31.1 Å². The van der Waals surface area contributed by atoms with Crippen molar-refractivity contribution in [2.75, 3.05) is 18.5 Å². The second kappa shape index (κ2) is 9.75. The molecule has 1 aliphatic carbocycles. The lowest BCUT2D eigenvalue weighted by Gasteiger charge is -2.16. The minimum Gasteiger partial charge on any atom is -0.462 e. The first-order chi connectivity index (χ1) is 14.3. The molecule has 0 aliphatic heterocycles. The summed E-state index contributed by atoms with van der Waals surface area (Å²) in [7, 11) is 0. The number of anilines is 1. The molecule has 2 aromatic rings. The molecule has 1 N–H and O–H groups in total. The number of fused-ring (bicyclic) bond motifs is 1. The Hall–Kier alpha value is -2.19. The lowest BCUT2D eigenvalue weighted by atomic mass is 9.90. The second-order valence-electron chi connectivity index (χ2n) is 7.45. The Morgan fingerprint density at radius 3 is 2.63 bits per heavy atom. The van der Waals surface area contributed by atoms with Crippen molar-refractivity contribution in [2.24, 2.45) is 5.92 Å². The highest BCUT2D eigenvalue weighted by molar-refractivity contribution is 7.16. The third-order valence-electron chi connectivity index (χ3n) is 5.16. The molecule has 6 nitrogen and oxygen atoms in total. The summed E-state index contributed by atoms with van der Waals surface area (Å²) < 4.78 is 10.4.